The van der Waals surface area contributed by atoms with Crippen molar-refractivity contribution in [3.63, 3.8) is 0 Å². The van der Waals surface area contributed by atoms with Gasteiger partial charge in [-0.25, -0.2) is 4.98 Å². The Kier molecular flexibility index (Phi) is 5.96. The van der Waals surface area contributed by atoms with E-state index in [-0.39, 0.29) is 6.61 Å². The van der Waals surface area contributed by atoms with Crippen LogP contribution in [0.15, 0.2) is 35.7 Å². The van der Waals surface area contributed by atoms with E-state index >= 15 is 0 Å². The van der Waals surface area contributed by atoms with Crippen LogP contribution in [0, 0.1) is 11.8 Å². The quantitative estimate of drug-likeness (QED) is 0.481. The number of H-pyrrole nitrogens is 1. The lowest BCUT2D eigenvalue weighted by atomic mass is 10.2. The van der Waals surface area contributed by atoms with Gasteiger partial charge in [0.15, 0.2) is 5.16 Å². The van der Waals surface area contributed by atoms with Crippen LogP contribution in [0.3, 0.4) is 0 Å². The van der Waals surface area contributed by atoms with E-state index in [2.05, 4.69) is 27.0 Å². The predicted molar refractivity (Wildman–Crippen MR) is 77.6 cm³/mol. The summed E-state index contributed by atoms with van der Waals surface area (Å²) in [6.45, 7) is 0.692. The molecule has 1 aromatic carbocycles. The second-order valence-electron chi connectivity index (χ2n) is 3.79. The molecule has 0 saturated carbocycles. The zero-order valence-corrected chi connectivity index (χ0v) is 11.7. The summed E-state index contributed by atoms with van der Waals surface area (Å²) in [4.78, 5) is 4.02. The number of hydrogen-bond acceptors (Lipinski definition) is 5. The molecule has 104 valence electrons. The molecule has 0 aliphatic rings. The fraction of sp³-hybridized carbons (Fsp3) is 0.286. The van der Waals surface area contributed by atoms with Gasteiger partial charge in [-0.3, -0.25) is 5.10 Å². The van der Waals surface area contributed by atoms with Gasteiger partial charge in [0.1, 0.15) is 12.1 Å². The molecule has 2 rings (SSSR count). The highest BCUT2D eigenvalue weighted by atomic mass is 32.2. The number of aliphatic hydroxyl groups excluding tert-OH is 1. The number of rotatable bonds is 6. The van der Waals surface area contributed by atoms with Crippen molar-refractivity contribution in [2.24, 2.45) is 0 Å². The normalized spacial score (nSPS) is 9.85. The summed E-state index contributed by atoms with van der Waals surface area (Å²) in [6, 6.07) is 7.59. The second-order valence-corrected chi connectivity index (χ2v) is 4.87. The lowest BCUT2D eigenvalue weighted by Crippen LogP contribution is -2.00. The smallest absolute Gasteiger partial charge is 0.183 e. The highest BCUT2D eigenvalue weighted by Crippen LogP contribution is 2.14. The van der Waals surface area contributed by atoms with Crippen molar-refractivity contribution in [1.82, 2.24) is 15.2 Å². The van der Waals surface area contributed by atoms with Crippen molar-refractivity contribution in [3.8, 4) is 17.6 Å². The van der Waals surface area contributed by atoms with Crippen molar-refractivity contribution >= 4 is 11.8 Å². The van der Waals surface area contributed by atoms with E-state index in [0.717, 1.165) is 22.2 Å². The third kappa shape index (κ3) is 4.96. The molecule has 2 aromatic rings. The molecule has 0 spiro atoms. The summed E-state index contributed by atoms with van der Waals surface area (Å²) in [5.74, 6) is 7.46. The van der Waals surface area contributed by atoms with Gasteiger partial charge in [-0.2, -0.15) is 5.10 Å². The number of hydrogen-bond donors (Lipinski definition) is 2. The van der Waals surface area contributed by atoms with Crippen LogP contribution in [0.2, 0.25) is 0 Å². The van der Waals surface area contributed by atoms with Crippen molar-refractivity contribution in [1.29, 1.82) is 0 Å². The lowest BCUT2D eigenvalue weighted by molar-refractivity contribution is 0.305. The Balaban J connectivity index is 1.72. The molecule has 0 saturated heterocycles. The summed E-state index contributed by atoms with van der Waals surface area (Å²) in [5, 5.41) is 16.0. The molecule has 2 N–H and O–H groups in total. The first-order valence-electron chi connectivity index (χ1n) is 6.19. The van der Waals surface area contributed by atoms with Crippen LogP contribution in [0.1, 0.15) is 12.0 Å². The highest BCUT2D eigenvalue weighted by molar-refractivity contribution is 7.99. The Morgan fingerprint density at radius 2 is 2.15 bits per heavy atom. The molecule has 0 aliphatic carbocycles. The van der Waals surface area contributed by atoms with Crippen LogP contribution in [-0.2, 0) is 0 Å². The van der Waals surface area contributed by atoms with Gasteiger partial charge in [-0.05, 0) is 24.3 Å². The number of aliphatic hydroxyl groups is 1. The number of aromatic amines is 1. The Morgan fingerprint density at radius 3 is 2.85 bits per heavy atom. The number of thioether (sulfide) groups is 1. The maximum Gasteiger partial charge on any atom is 0.183 e. The minimum atomic E-state index is 0.0943. The number of ether oxygens (including phenoxy) is 1. The van der Waals surface area contributed by atoms with Crippen LogP contribution in [0.4, 0.5) is 0 Å². The fourth-order valence-corrected chi connectivity index (χ4v) is 2.02. The maximum atomic E-state index is 8.64. The average Bonchev–Trinajstić information content (AvgIpc) is 2.99. The Morgan fingerprint density at radius 1 is 1.30 bits per heavy atom. The molecule has 1 heterocycles. The van der Waals surface area contributed by atoms with Gasteiger partial charge in [0, 0.05) is 17.7 Å². The van der Waals surface area contributed by atoms with Gasteiger partial charge in [0.2, 0.25) is 0 Å². The van der Waals surface area contributed by atoms with E-state index in [4.69, 9.17) is 9.84 Å². The molecule has 0 bridgehead atoms. The maximum absolute atomic E-state index is 8.64. The van der Waals surface area contributed by atoms with E-state index in [1.54, 1.807) is 11.8 Å². The Labute approximate surface area is 121 Å². The van der Waals surface area contributed by atoms with Crippen molar-refractivity contribution in [3.05, 3.63) is 36.2 Å². The zero-order chi connectivity index (χ0) is 14.0. The zero-order valence-electron chi connectivity index (χ0n) is 10.9. The molecule has 0 atom stereocenters. The SMILES string of the molecule is OCCC#Cc1ccc(OCCSc2ncn[nH]2)cc1. The van der Waals surface area contributed by atoms with Crippen LogP contribution in [0.25, 0.3) is 0 Å². The Bertz CT molecular complexity index is 558. The largest absolute Gasteiger partial charge is 0.493 e. The van der Waals surface area contributed by atoms with Crippen molar-refractivity contribution in [2.45, 2.75) is 11.6 Å². The molecule has 5 nitrogen and oxygen atoms in total. The van der Waals surface area contributed by atoms with Crippen molar-refractivity contribution < 1.29 is 9.84 Å². The van der Waals surface area contributed by atoms with Crippen LogP contribution >= 0.6 is 11.8 Å². The van der Waals surface area contributed by atoms with E-state index in [0.29, 0.717) is 13.0 Å². The molecule has 0 unspecified atom stereocenters. The van der Waals surface area contributed by atoms with E-state index in [1.807, 2.05) is 24.3 Å². The lowest BCUT2D eigenvalue weighted by Gasteiger charge is -2.04. The van der Waals surface area contributed by atoms with Gasteiger partial charge in [0.05, 0.1) is 13.2 Å². The molecule has 1 aromatic heterocycles. The summed E-state index contributed by atoms with van der Waals surface area (Å²) in [5.41, 5.74) is 0.918. The number of aromatic nitrogens is 3. The number of benzene rings is 1. The molecule has 0 radical (unpaired) electrons. The Hall–Kier alpha value is -1.97. The molecule has 0 amide bonds. The summed E-state index contributed by atoms with van der Waals surface area (Å²) in [6.07, 6.45) is 1.98. The van der Waals surface area contributed by atoms with Gasteiger partial charge in [-0.15, -0.1) is 0 Å². The van der Waals surface area contributed by atoms with Gasteiger partial charge < -0.3 is 9.84 Å². The molecular weight excluding hydrogens is 274 g/mol. The highest BCUT2D eigenvalue weighted by Gasteiger charge is 1.97. The van der Waals surface area contributed by atoms with E-state index in [1.165, 1.54) is 6.33 Å². The topological polar surface area (TPSA) is 71.0 Å². The first kappa shape index (κ1) is 14.4. The fourth-order valence-electron chi connectivity index (χ4n) is 1.42. The van der Waals surface area contributed by atoms with Crippen LogP contribution in [0.5, 0.6) is 5.75 Å². The van der Waals surface area contributed by atoms with Crippen molar-refractivity contribution in [2.75, 3.05) is 19.0 Å². The molecule has 0 fully saturated rings. The predicted octanol–water partition coefficient (Wildman–Crippen LogP) is 1.71. The van der Waals surface area contributed by atoms with E-state index < -0.39 is 0 Å². The first-order valence-corrected chi connectivity index (χ1v) is 7.18. The summed E-state index contributed by atoms with van der Waals surface area (Å²) in [7, 11) is 0. The molecule has 6 heteroatoms. The monoisotopic (exact) mass is 289 g/mol. The molecule has 20 heavy (non-hydrogen) atoms. The first-order chi connectivity index (χ1) is 9.88. The van der Waals surface area contributed by atoms with Gasteiger partial charge >= 0.3 is 0 Å². The number of nitrogens with zero attached hydrogens (tertiary/aromatic N) is 2. The average molecular weight is 289 g/mol. The molecular formula is C14H15N3O2S. The summed E-state index contributed by atoms with van der Waals surface area (Å²) < 4.78 is 5.61. The van der Waals surface area contributed by atoms with Crippen LogP contribution in [-0.4, -0.2) is 39.3 Å². The van der Waals surface area contributed by atoms with Gasteiger partial charge in [-0.1, -0.05) is 23.6 Å². The van der Waals surface area contributed by atoms with Crippen LogP contribution < -0.4 is 4.74 Å². The third-order valence-electron chi connectivity index (χ3n) is 2.31. The summed E-state index contributed by atoms with van der Waals surface area (Å²) >= 11 is 1.56. The standard InChI is InChI=1S/C14H15N3O2S/c18-8-2-1-3-12-4-6-13(7-5-12)19-9-10-20-14-15-11-16-17-14/h4-7,11,18H,2,8-10H2,(H,15,16,17). The van der Waals surface area contributed by atoms with Gasteiger partial charge in [0.25, 0.3) is 0 Å². The third-order valence-corrected chi connectivity index (χ3v) is 3.15. The molecule has 0 aliphatic heterocycles. The second kappa shape index (κ2) is 8.25. The minimum absolute atomic E-state index is 0.0943. The van der Waals surface area contributed by atoms with E-state index in [9.17, 15) is 0 Å². The number of nitrogens with one attached hydrogen (secondary N) is 1. The minimum Gasteiger partial charge on any atom is -0.493 e.